The number of carbonyl (C=O) groups excluding carboxylic acids is 1. The minimum atomic E-state index is -0.0822. The Labute approximate surface area is 140 Å². The topological polar surface area (TPSA) is 62.5 Å². The van der Waals surface area contributed by atoms with Gasteiger partial charge in [-0.3, -0.25) is 0 Å². The van der Waals surface area contributed by atoms with Crippen molar-refractivity contribution in [2.24, 2.45) is 0 Å². The molecule has 0 atom stereocenters. The first-order valence-corrected chi connectivity index (χ1v) is 8.06. The molecule has 2 amide bonds. The third-order valence-electron chi connectivity index (χ3n) is 4.36. The molecule has 1 aromatic carbocycles. The molecule has 0 saturated heterocycles. The lowest BCUT2D eigenvalue weighted by molar-refractivity contribution is 0.205. The number of hydrogen-bond acceptors (Lipinski definition) is 3. The lowest BCUT2D eigenvalue weighted by Gasteiger charge is -2.28. The smallest absolute Gasteiger partial charge is 0.320 e. The Kier molecular flexibility index (Phi) is 3.45. The van der Waals surface area contributed by atoms with Crippen molar-refractivity contribution in [3.63, 3.8) is 0 Å². The first kappa shape index (κ1) is 14.7. The minimum Gasteiger partial charge on any atom is -0.320 e. The molecule has 3 aromatic rings. The third-order valence-corrected chi connectivity index (χ3v) is 4.36. The first-order valence-electron chi connectivity index (χ1n) is 8.06. The molecule has 24 heavy (non-hydrogen) atoms. The molecule has 0 bridgehead atoms. The summed E-state index contributed by atoms with van der Waals surface area (Å²) in [6.07, 6.45) is 2.63. The van der Waals surface area contributed by atoms with Gasteiger partial charge >= 0.3 is 6.03 Å². The summed E-state index contributed by atoms with van der Waals surface area (Å²) in [7, 11) is 0. The van der Waals surface area contributed by atoms with E-state index in [1.165, 1.54) is 5.56 Å². The van der Waals surface area contributed by atoms with E-state index in [-0.39, 0.29) is 6.03 Å². The molecule has 2 aromatic heterocycles. The fourth-order valence-corrected chi connectivity index (χ4v) is 3.07. The second-order valence-corrected chi connectivity index (χ2v) is 6.25. The van der Waals surface area contributed by atoms with E-state index in [1.807, 2.05) is 59.8 Å². The fraction of sp³-hybridized carbons (Fsp3) is 0.278. The first-order chi connectivity index (χ1) is 11.6. The minimum absolute atomic E-state index is 0.0822. The van der Waals surface area contributed by atoms with E-state index >= 15 is 0 Å². The molecule has 0 unspecified atom stereocenters. The third kappa shape index (κ3) is 2.60. The zero-order valence-electron chi connectivity index (χ0n) is 13.8. The molecule has 1 aliphatic rings. The van der Waals surface area contributed by atoms with E-state index in [1.54, 1.807) is 0 Å². The Balaban J connectivity index is 1.54. The van der Waals surface area contributed by atoms with Gasteiger partial charge in [0, 0.05) is 36.5 Å². The maximum absolute atomic E-state index is 12.5. The molecule has 0 saturated carbocycles. The van der Waals surface area contributed by atoms with Crippen LogP contribution in [0.25, 0.3) is 5.65 Å². The number of amides is 2. The fourth-order valence-electron chi connectivity index (χ4n) is 3.07. The largest absolute Gasteiger partial charge is 0.322 e. The summed E-state index contributed by atoms with van der Waals surface area (Å²) in [5.41, 5.74) is 6.00. The number of fused-ring (bicyclic) bond motifs is 3. The quantitative estimate of drug-likeness (QED) is 0.749. The second kappa shape index (κ2) is 5.63. The summed E-state index contributed by atoms with van der Waals surface area (Å²) in [4.78, 5) is 18.8. The molecule has 3 heterocycles. The predicted octanol–water partition coefficient (Wildman–Crippen LogP) is 2.94. The van der Waals surface area contributed by atoms with Gasteiger partial charge in [0.1, 0.15) is 0 Å². The molecule has 122 valence electrons. The number of carbonyl (C=O) groups is 1. The molecule has 0 radical (unpaired) electrons. The van der Waals surface area contributed by atoms with Gasteiger partial charge in [-0.05, 0) is 26.0 Å². The van der Waals surface area contributed by atoms with Gasteiger partial charge in [0.15, 0.2) is 5.65 Å². The highest BCUT2D eigenvalue weighted by Crippen LogP contribution is 2.20. The average Bonchev–Trinajstić information content (AvgIpc) is 2.97. The SMILES string of the molecule is Cc1ccc(NC(=O)N2CCc3c(cnc4cc(C)nn34)C2)cc1. The van der Waals surface area contributed by atoms with Gasteiger partial charge in [-0.2, -0.15) is 5.10 Å². The molecule has 6 nitrogen and oxygen atoms in total. The molecule has 0 aliphatic carbocycles. The van der Waals surface area contributed by atoms with Crippen molar-refractivity contribution < 1.29 is 4.79 Å². The van der Waals surface area contributed by atoms with Crippen molar-refractivity contribution in [1.29, 1.82) is 0 Å². The maximum atomic E-state index is 12.5. The van der Waals surface area contributed by atoms with Gasteiger partial charge in [0.2, 0.25) is 0 Å². The summed E-state index contributed by atoms with van der Waals surface area (Å²) in [5, 5.41) is 7.46. The maximum Gasteiger partial charge on any atom is 0.322 e. The van der Waals surface area contributed by atoms with Crippen LogP contribution in [0.1, 0.15) is 22.5 Å². The monoisotopic (exact) mass is 321 g/mol. The number of urea groups is 1. The number of benzene rings is 1. The van der Waals surface area contributed by atoms with Crippen LogP contribution in [0, 0.1) is 13.8 Å². The Bertz CT molecular complexity index is 913. The Morgan fingerprint density at radius 2 is 2.00 bits per heavy atom. The lowest BCUT2D eigenvalue weighted by atomic mass is 10.1. The van der Waals surface area contributed by atoms with Crippen molar-refractivity contribution in [2.75, 3.05) is 11.9 Å². The van der Waals surface area contributed by atoms with Crippen molar-refractivity contribution >= 4 is 17.4 Å². The van der Waals surface area contributed by atoms with Gasteiger partial charge < -0.3 is 10.2 Å². The van der Waals surface area contributed by atoms with Crippen LogP contribution in [0.3, 0.4) is 0 Å². The van der Waals surface area contributed by atoms with Crippen LogP contribution in [-0.4, -0.2) is 32.1 Å². The Morgan fingerprint density at radius 3 is 2.79 bits per heavy atom. The van der Waals surface area contributed by atoms with Gasteiger partial charge in [-0.1, -0.05) is 17.7 Å². The van der Waals surface area contributed by atoms with Crippen molar-refractivity contribution in [1.82, 2.24) is 19.5 Å². The van der Waals surface area contributed by atoms with Crippen LogP contribution >= 0.6 is 0 Å². The van der Waals surface area contributed by atoms with Crippen molar-refractivity contribution in [3.05, 3.63) is 59.0 Å². The molecule has 1 N–H and O–H groups in total. The molecular weight excluding hydrogens is 302 g/mol. The van der Waals surface area contributed by atoms with Crippen LogP contribution in [0.2, 0.25) is 0 Å². The van der Waals surface area contributed by atoms with Gasteiger partial charge in [0.05, 0.1) is 17.9 Å². The van der Waals surface area contributed by atoms with Gasteiger partial charge in [-0.15, -0.1) is 0 Å². The number of nitrogens with zero attached hydrogens (tertiary/aromatic N) is 4. The molecular formula is C18H19N5O. The summed E-state index contributed by atoms with van der Waals surface area (Å²) in [5.74, 6) is 0. The summed E-state index contributed by atoms with van der Waals surface area (Å²) in [6.45, 7) is 5.21. The molecule has 4 rings (SSSR count). The molecule has 0 spiro atoms. The standard InChI is InChI=1S/C18H19N5O/c1-12-3-5-15(6-4-12)20-18(24)22-8-7-16-14(11-22)10-19-17-9-13(2)21-23(16)17/h3-6,9-10H,7-8,11H2,1-2H3,(H,20,24). The van der Waals surface area contributed by atoms with E-state index in [9.17, 15) is 4.79 Å². The van der Waals surface area contributed by atoms with Crippen LogP contribution in [-0.2, 0) is 13.0 Å². The number of aromatic nitrogens is 3. The Morgan fingerprint density at radius 1 is 1.21 bits per heavy atom. The molecule has 6 heteroatoms. The van der Waals surface area contributed by atoms with E-state index < -0.39 is 0 Å². The second-order valence-electron chi connectivity index (χ2n) is 6.25. The summed E-state index contributed by atoms with van der Waals surface area (Å²) < 4.78 is 1.90. The predicted molar refractivity (Wildman–Crippen MR) is 92.0 cm³/mol. The number of rotatable bonds is 1. The van der Waals surface area contributed by atoms with Crippen LogP contribution < -0.4 is 5.32 Å². The highest BCUT2D eigenvalue weighted by Gasteiger charge is 2.23. The van der Waals surface area contributed by atoms with Crippen LogP contribution in [0.5, 0.6) is 0 Å². The lowest BCUT2D eigenvalue weighted by Crippen LogP contribution is -2.39. The van der Waals surface area contributed by atoms with E-state index in [2.05, 4.69) is 15.4 Å². The number of nitrogens with one attached hydrogen (secondary N) is 1. The zero-order valence-corrected chi connectivity index (χ0v) is 13.8. The van der Waals surface area contributed by atoms with E-state index in [0.29, 0.717) is 13.1 Å². The van der Waals surface area contributed by atoms with E-state index in [0.717, 1.165) is 34.7 Å². The van der Waals surface area contributed by atoms with Gasteiger partial charge in [-0.25, -0.2) is 14.3 Å². The summed E-state index contributed by atoms with van der Waals surface area (Å²) >= 11 is 0. The van der Waals surface area contributed by atoms with Gasteiger partial charge in [0.25, 0.3) is 0 Å². The zero-order chi connectivity index (χ0) is 16.7. The summed E-state index contributed by atoms with van der Waals surface area (Å²) in [6, 6.07) is 9.70. The number of anilines is 1. The van der Waals surface area contributed by atoms with Crippen LogP contribution in [0.4, 0.5) is 10.5 Å². The van der Waals surface area contributed by atoms with E-state index in [4.69, 9.17) is 0 Å². The number of aryl methyl sites for hydroxylation is 2. The highest BCUT2D eigenvalue weighted by molar-refractivity contribution is 5.89. The molecule has 0 fully saturated rings. The number of hydrogen-bond donors (Lipinski definition) is 1. The Hall–Kier alpha value is -2.89. The average molecular weight is 321 g/mol. The highest BCUT2D eigenvalue weighted by atomic mass is 16.2. The normalized spacial score (nSPS) is 13.8. The van der Waals surface area contributed by atoms with Crippen molar-refractivity contribution in [2.45, 2.75) is 26.8 Å². The van der Waals surface area contributed by atoms with Crippen molar-refractivity contribution in [3.8, 4) is 0 Å². The van der Waals surface area contributed by atoms with Crippen LogP contribution in [0.15, 0.2) is 36.5 Å². The molecule has 1 aliphatic heterocycles.